The Hall–Kier alpha value is -3.77. The topological polar surface area (TPSA) is 57.2 Å². The molecule has 0 unspecified atom stereocenters. The summed E-state index contributed by atoms with van der Waals surface area (Å²) >= 11 is 0. The van der Waals surface area contributed by atoms with Crippen LogP contribution < -0.4 is 18.9 Å². The molecule has 4 rings (SSSR count). The normalized spacial score (nSPS) is 12.9. The molecule has 1 aliphatic heterocycles. The van der Waals surface area contributed by atoms with Gasteiger partial charge in [0, 0.05) is 13.5 Å². The van der Waals surface area contributed by atoms with Crippen molar-refractivity contribution in [1.29, 1.82) is 0 Å². The van der Waals surface area contributed by atoms with Crippen LogP contribution in [0.2, 0.25) is 0 Å². The second kappa shape index (κ2) is 12.5. The summed E-state index contributed by atoms with van der Waals surface area (Å²) in [6.45, 7) is 11.7. The lowest BCUT2D eigenvalue weighted by atomic mass is 9.88. The lowest BCUT2D eigenvalue weighted by Crippen LogP contribution is -2.27. The molecule has 0 spiro atoms. The van der Waals surface area contributed by atoms with E-state index in [4.69, 9.17) is 18.9 Å². The van der Waals surface area contributed by atoms with Gasteiger partial charge >= 0.3 is 5.97 Å². The van der Waals surface area contributed by atoms with Crippen LogP contribution in [-0.2, 0) is 4.79 Å². The molecular formula is C31H35NO5. The van der Waals surface area contributed by atoms with Gasteiger partial charge in [-0.1, -0.05) is 51.1 Å². The number of nitrogens with zero attached hydrogens (tertiary/aromatic N) is 1. The SMILES string of the molecule is CCC(=C(c1ccc(OCCN(CC)CC)cc1)c1ccc(OC(C)=O)cc1)c1ccc2c(c1)OCO2. The van der Waals surface area contributed by atoms with Crippen molar-refractivity contribution in [2.45, 2.75) is 34.1 Å². The van der Waals surface area contributed by atoms with E-state index in [-0.39, 0.29) is 12.8 Å². The number of carbonyl (C=O) groups is 1. The Labute approximate surface area is 219 Å². The molecule has 0 saturated heterocycles. The van der Waals surface area contributed by atoms with Crippen LogP contribution in [0.25, 0.3) is 11.1 Å². The molecule has 0 aromatic heterocycles. The van der Waals surface area contributed by atoms with Crippen molar-refractivity contribution in [3.8, 4) is 23.0 Å². The predicted molar refractivity (Wildman–Crippen MR) is 146 cm³/mol. The summed E-state index contributed by atoms with van der Waals surface area (Å²) in [7, 11) is 0. The molecule has 0 aliphatic carbocycles. The molecule has 0 saturated carbocycles. The number of benzene rings is 3. The van der Waals surface area contributed by atoms with E-state index < -0.39 is 0 Å². The Morgan fingerprint density at radius 2 is 1.41 bits per heavy atom. The minimum Gasteiger partial charge on any atom is -0.492 e. The second-order valence-corrected chi connectivity index (χ2v) is 8.79. The van der Waals surface area contributed by atoms with E-state index in [9.17, 15) is 4.79 Å². The zero-order chi connectivity index (χ0) is 26.2. The smallest absolute Gasteiger partial charge is 0.308 e. The van der Waals surface area contributed by atoms with E-state index in [0.717, 1.165) is 65.6 Å². The van der Waals surface area contributed by atoms with E-state index in [2.05, 4.69) is 43.9 Å². The number of hydrogen-bond donors (Lipinski definition) is 0. The molecule has 0 amide bonds. The fourth-order valence-corrected chi connectivity index (χ4v) is 4.53. The van der Waals surface area contributed by atoms with E-state index in [0.29, 0.717) is 12.4 Å². The molecule has 0 bridgehead atoms. The molecule has 3 aromatic rings. The van der Waals surface area contributed by atoms with Crippen LogP contribution in [0, 0.1) is 0 Å². The van der Waals surface area contributed by atoms with Crippen LogP contribution >= 0.6 is 0 Å². The van der Waals surface area contributed by atoms with Crippen molar-refractivity contribution < 1.29 is 23.7 Å². The number of carbonyl (C=O) groups excluding carboxylic acids is 1. The van der Waals surface area contributed by atoms with Gasteiger partial charge in [-0.15, -0.1) is 0 Å². The summed E-state index contributed by atoms with van der Waals surface area (Å²) in [5.41, 5.74) is 5.45. The van der Waals surface area contributed by atoms with Crippen molar-refractivity contribution in [2.24, 2.45) is 0 Å². The second-order valence-electron chi connectivity index (χ2n) is 8.79. The quantitative estimate of drug-likeness (QED) is 0.171. The van der Waals surface area contributed by atoms with Crippen molar-refractivity contribution >= 4 is 17.1 Å². The largest absolute Gasteiger partial charge is 0.492 e. The van der Waals surface area contributed by atoms with Gasteiger partial charge in [0.05, 0.1) is 0 Å². The first-order valence-electron chi connectivity index (χ1n) is 12.9. The third-order valence-electron chi connectivity index (χ3n) is 6.49. The van der Waals surface area contributed by atoms with Crippen LogP contribution in [0.15, 0.2) is 66.7 Å². The van der Waals surface area contributed by atoms with E-state index >= 15 is 0 Å². The molecular weight excluding hydrogens is 466 g/mol. The van der Waals surface area contributed by atoms with Gasteiger partial charge in [-0.2, -0.15) is 0 Å². The molecule has 37 heavy (non-hydrogen) atoms. The summed E-state index contributed by atoms with van der Waals surface area (Å²) < 4.78 is 22.4. The number of esters is 1. The predicted octanol–water partition coefficient (Wildman–Crippen LogP) is 6.43. The highest BCUT2D eigenvalue weighted by molar-refractivity contribution is 5.99. The number of hydrogen-bond acceptors (Lipinski definition) is 6. The van der Waals surface area contributed by atoms with Gasteiger partial charge < -0.3 is 23.8 Å². The molecule has 1 aliphatic rings. The van der Waals surface area contributed by atoms with Crippen molar-refractivity contribution in [3.63, 3.8) is 0 Å². The zero-order valence-corrected chi connectivity index (χ0v) is 22.1. The van der Waals surface area contributed by atoms with Gasteiger partial charge in [-0.25, -0.2) is 0 Å². The highest BCUT2D eigenvalue weighted by atomic mass is 16.7. The van der Waals surface area contributed by atoms with Crippen LogP contribution in [-0.4, -0.2) is 43.9 Å². The van der Waals surface area contributed by atoms with Crippen LogP contribution in [0.3, 0.4) is 0 Å². The van der Waals surface area contributed by atoms with Crippen LogP contribution in [0.1, 0.15) is 50.8 Å². The van der Waals surface area contributed by atoms with Gasteiger partial charge in [-0.05, 0) is 83.7 Å². The monoisotopic (exact) mass is 501 g/mol. The van der Waals surface area contributed by atoms with Gasteiger partial charge in [0.15, 0.2) is 11.5 Å². The first-order chi connectivity index (χ1) is 18.0. The Morgan fingerprint density at radius 1 is 0.811 bits per heavy atom. The van der Waals surface area contributed by atoms with Crippen molar-refractivity contribution in [1.82, 2.24) is 4.90 Å². The number of likely N-dealkylation sites (N-methyl/N-ethyl adjacent to an activating group) is 1. The van der Waals surface area contributed by atoms with Crippen molar-refractivity contribution in [2.75, 3.05) is 33.0 Å². The average Bonchev–Trinajstić information content (AvgIpc) is 3.39. The van der Waals surface area contributed by atoms with Gasteiger partial charge in [0.25, 0.3) is 0 Å². The van der Waals surface area contributed by atoms with Gasteiger partial charge in [0.1, 0.15) is 18.1 Å². The number of allylic oxidation sites excluding steroid dienone is 1. The molecule has 0 N–H and O–H groups in total. The lowest BCUT2D eigenvalue weighted by Gasteiger charge is -2.19. The van der Waals surface area contributed by atoms with Crippen LogP contribution in [0.5, 0.6) is 23.0 Å². The molecule has 1 heterocycles. The first-order valence-corrected chi connectivity index (χ1v) is 12.9. The Morgan fingerprint density at radius 3 is 2.00 bits per heavy atom. The fraction of sp³-hybridized carbons (Fsp3) is 0.323. The molecule has 0 fully saturated rings. The first kappa shape index (κ1) is 26.3. The number of rotatable bonds is 11. The van der Waals surface area contributed by atoms with Crippen LogP contribution in [0.4, 0.5) is 0 Å². The minimum absolute atomic E-state index is 0.240. The Balaban J connectivity index is 1.69. The molecule has 6 nitrogen and oxygen atoms in total. The average molecular weight is 502 g/mol. The third kappa shape index (κ3) is 6.52. The summed E-state index contributed by atoms with van der Waals surface area (Å²) in [6.07, 6.45) is 0.808. The summed E-state index contributed by atoms with van der Waals surface area (Å²) in [6, 6.07) is 22.0. The molecule has 6 heteroatoms. The van der Waals surface area contributed by atoms with E-state index in [1.807, 2.05) is 48.5 Å². The summed E-state index contributed by atoms with van der Waals surface area (Å²) in [5.74, 6) is 2.55. The molecule has 0 radical (unpaired) electrons. The highest BCUT2D eigenvalue weighted by Gasteiger charge is 2.18. The maximum atomic E-state index is 11.4. The van der Waals surface area contributed by atoms with E-state index in [1.165, 1.54) is 12.5 Å². The molecule has 194 valence electrons. The van der Waals surface area contributed by atoms with Crippen molar-refractivity contribution in [3.05, 3.63) is 83.4 Å². The lowest BCUT2D eigenvalue weighted by molar-refractivity contribution is -0.131. The standard InChI is InChI=1S/C31H35NO5/c1-5-28(25-12-17-29-30(20-25)36-21-35-29)31(24-10-15-27(16-11-24)37-22(4)33)23-8-13-26(14-9-23)34-19-18-32(6-2)7-3/h8-17,20H,5-7,18-19,21H2,1-4H3. The Bertz CT molecular complexity index is 1230. The van der Waals surface area contributed by atoms with E-state index in [1.54, 1.807) is 0 Å². The number of ether oxygens (including phenoxy) is 4. The summed E-state index contributed by atoms with van der Waals surface area (Å²) in [5, 5.41) is 0. The fourth-order valence-electron chi connectivity index (χ4n) is 4.53. The molecule has 0 atom stereocenters. The Kier molecular flexibility index (Phi) is 8.86. The minimum atomic E-state index is -0.338. The highest BCUT2D eigenvalue weighted by Crippen LogP contribution is 2.40. The number of fused-ring (bicyclic) bond motifs is 1. The zero-order valence-electron chi connectivity index (χ0n) is 22.1. The molecule has 3 aromatic carbocycles. The van der Waals surface area contributed by atoms with Gasteiger partial charge in [-0.3, -0.25) is 4.79 Å². The maximum Gasteiger partial charge on any atom is 0.308 e. The maximum absolute atomic E-state index is 11.4. The summed E-state index contributed by atoms with van der Waals surface area (Å²) in [4.78, 5) is 13.7. The van der Waals surface area contributed by atoms with Gasteiger partial charge in [0.2, 0.25) is 6.79 Å². The third-order valence-corrected chi connectivity index (χ3v) is 6.49.